The standard InChI is InChI=1S/C13H16ClFN2/c14-12-1-2-13(15)9(3-12)6-17-7-10-4-16-5-11(10)8-17/h1-3,10-11,16H,4-8H2/t10-,11+. The normalized spacial score (nSPS) is 28.6. The van der Waals surface area contributed by atoms with E-state index < -0.39 is 0 Å². The van der Waals surface area contributed by atoms with Crippen molar-refractivity contribution in [2.45, 2.75) is 6.54 Å². The summed E-state index contributed by atoms with van der Waals surface area (Å²) in [5, 5.41) is 4.02. The van der Waals surface area contributed by atoms with Gasteiger partial charge in [-0.05, 0) is 43.1 Å². The van der Waals surface area contributed by atoms with Crippen LogP contribution in [0.3, 0.4) is 0 Å². The van der Waals surface area contributed by atoms with Crippen molar-refractivity contribution in [2.75, 3.05) is 26.2 Å². The lowest BCUT2D eigenvalue weighted by Crippen LogP contribution is -2.25. The Hall–Kier alpha value is -0.640. The summed E-state index contributed by atoms with van der Waals surface area (Å²) in [7, 11) is 0. The van der Waals surface area contributed by atoms with Gasteiger partial charge in [0, 0.05) is 30.2 Å². The molecule has 0 saturated carbocycles. The van der Waals surface area contributed by atoms with Crippen molar-refractivity contribution in [1.82, 2.24) is 10.2 Å². The lowest BCUT2D eigenvalue weighted by Gasteiger charge is -2.17. The molecule has 0 aromatic heterocycles. The minimum atomic E-state index is -0.149. The van der Waals surface area contributed by atoms with Crippen molar-refractivity contribution < 1.29 is 4.39 Å². The van der Waals surface area contributed by atoms with Gasteiger partial charge in [-0.25, -0.2) is 4.39 Å². The number of rotatable bonds is 2. The van der Waals surface area contributed by atoms with Gasteiger partial charge in [0.25, 0.3) is 0 Å². The predicted octanol–water partition coefficient (Wildman–Crippen LogP) is 2.13. The van der Waals surface area contributed by atoms with E-state index >= 15 is 0 Å². The quantitative estimate of drug-likeness (QED) is 0.870. The SMILES string of the molecule is Fc1ccc(Cl)cc1CN1C[C@H]2CNC[C@H]2C1. The average molecular weight is 255 g/mol. The molecule has 2 atom stereocenters. The zero-order valence-electron chi connectivity index (χ0n) is 9.63. The Morgan fingerprint density at radius 1 is 1.29 bits per heavy atom. The number of benzene rings is 1. The molecule has 3 rings (SSSR count). The molecule has 0 unspecified atom stereocenters. The highest BCUT2D eigenvalue weighted by molar-refractivity contribution is 6.30. The van der Waals surface area contributed by atoms with Crippen LogP contribution in [-0.4, -0.2) is 31.1 Å². The van der Waals surface area contributed by atoms with Crippen LogP contribution in [0, 0.1) is 17.7 Å². The highest BCUT2D eigenvalue weighted by atomic mass is 35.5. The number of hydrogen-bond acceptors (Lipinski definition) is 2. The number of nitrogens with one attached hydrogen (secondary N) is 1. The van der Waals surface area contributed by atoms with Crippen LogP contribution in [0.2, 0.25) is 5.02 Å². The maximum absolute atomic E-state index is 13.6. The fraction of sp³-hybridized carbons (Fsp3) is 0.538. The Kier molecular flexibility index (Phi) is 3.07. The van der Waals surface area contributed by atoms with Crippen molar-refractivity contribution in [3.8, 4) is 0 Å². The summed E-state index contributed by atoms with van der Waals surface area (Å²) in [5.41, 5.74) is 0.713. The Morgan fingerprint density at radius 2 is 2.00 bits per heavy atom. The van der Waals surface area contributed by atoms with E-state index in [-0.39, 0.29) is 5.82 Å². The van der Waals surface area contributed by atoms with E-state index in [2.05, 4.69) is 10.2 Å². The third-order valence-electron chi connectivity index (χ3n) is 3.87. The molecule has 0 radical (unpaired) electrons. The van der Waals surface area contributed by atoms with Gasteiger partial charge in [0.2, 0.25) is 0 Å². The minimum Gasteiger partial charge on any atom is -0.316 e. The molecule has 0 amide bonds. The smallest absolute Gasteiger partial charge is 0.127 e. The molecule has 0 bridgehead atoms. The summed E-state index contributed by atoms with van der Waals surface area (Å²) < 4.78 is 13.6. The fourth-order valence-electron chi connectivity index (χ4n) is 2.99. The van der Waals surface area contributed by atoms with Gasteiger partial charge in [-0.3, -0.25) is 4.90 Å². The minimum absolute atomic E-state index is 0.149. The van der Waals surface area contributed by atoms with Gasteiger partial charge >= 0.3 is 0 Å². The molecular weight excluding hydrogens is 239 g/mol. The first-order valence-corrected chi connectivity index (χ1v) is 6.47. The highest BCUT2D eigenvalue weighted by Crippen LogP contribution is 2.28. The zero-order chi connectivity index (χ0) is 11.8. The van der Waals surface area contributed by atoms with Crippen LogP contribution in [0.4, 0.5) is 4.39 Å². The van der Waals surface area contributed by atoms with E-state index in [1.54, 1.807) is 12.1 Å². The molecule has 2 aliphatic heterocycles. The number of halogens is 2. The van der Waals surface area contributed by atoms with Crippen molar-refractivity contribution in [2.24, 2.45) is 11.8 Å². The molecule has 2 fully saturated rings. The van der Waals surface area contributed by atoms with Crippen LogP contribution in [0.1, 0.15) is 5.56 Å². The zero-order valence-corrected chi connectivity index (χ0v) is 10.4. The monoisotopic (exact) mass is 254 g/mol. The molecule has 2 saturated heterocycles. The van der Waals surface area contributed by atoms with Crippen LogP contribution in [-0.2, 0) is 6.54 Å². The molecule has 92 valence electrons. The number of nitrogens with zero attached hydrogens (tertiary/aromatic N) is 1. The second-order valence-corrected chi connectivity index (χ2v) is 5.54. The molecule has 17 heavy (non-hydrogen) atoms. The second-order valence-electron chi connectivity index (χ2n) is 5.11. The number of fused-ring (bicyclic) bond motifs is 1. The Bertz CT molecular complexity index is 412. The molecule has 1 aromatic carbocycles. The Labute approximate surface area is 106 Å². The van der Waals surface area contributed by atoms with Crippen LogP contribution < -0.4 is 5.32 Å². The topological polar surface area (TPSA) is 15.3 Å². The Morgan fingerprint density at radius 3 is 2.71 bits per heavy atom. The molecular formula is C13H16ClFN2. The van der Waals surface area contributed by atoms with Crippen molar-refractivity contribution in [3.05, 3.63) is 34.6 Å². The molecule has 4 heteroatoms. The van der Waals surface area contributed by atoms with Gasteiger partial charge in [0.1, 0.15) is 5.82 Å². The summed E-state index contributed by atoms with van der Waals surface area (Å²) in [6, 6.07) is 4.79. The maximum Gasteiger partial charge on any atom is 0.127 e. The van der Waals surface area contributed by atoms with Gasteiger partial charge < -0.3 is 5.32 Å². The fourth-order valence-corrected chi connectivity index (χ4v) is 3.18. The van der Waals surface area contributed by atoms with Gasteiger partial charge in [-0.15, -0.1) is 0 Å². The molecule has 1 aromatic rings. The summed E-state index contributed by atoms with van der Waals surface area (Å²) in [5.74, 6) is 1.35. The molecule has 2 nitrogen and oxygen atoms in total. The van der Waals surface area contributed by atoms with Gasteiger partial charge in [0.15, 0.2) is 0 Å². The van der Waals surface area contributed by atoms with Gasteiger partial charge in [-0.1, -0.05) is 11.6 Å². The molecule has 0 aliphatic carbocycles. The van der Waals surface area contributed by atoms with Crippen LogP contribution in [0.25, 0.3) is 0 Å². The molecule has 2 aliphatic rings. The molecule has 2 heterocycles. The molecule has 0 spiro atoms. The van der Waals surface area contributed by atoms with Crippen LogP contribution in [0.15, 0.2) is 18.2 Å². The van der Waals surface area contributed by atoms with E-state index in [0.717, 1.165) is 38.0 Å². The van der Waals surface area contributed by atoms with Crippen molar-refractivity contribution >= 4 is 11.6 Å². The average Bonchev–Trinajstić information content (AvgIpc) is 2.83. The first-order valence-electron chi connectivity index (χ1n) is 6.09. The third kappa shape index (κ3) is 2.32. The summed E-state index contributed by atoms with van der Waals surface area (Å²) in [6.45, 7) is 5.05. The lowest BCUT2D eigenvalue weighted by molar-refractivity contribution is 0.301. The van der Waals surface area contributed by atoms with Crippen molar-refractivity contribution in [3.63, 3.8) is 0 Å². The lowest BCUT2D eigenvalue weighted by atomic mass is 10.0. The maximum atomic E-state index is 13.6. The van der Waals surface area contributed by atoms with Crippen LogP contribution in [0.5, 0.6) is 0 Å². The van der Waals surface area contributed by atoms with Gasteiger partial charge in [-0.2, -0.15) is 0 Å². The highest BCUT2D eigenvalue weighted by Gasteiger charge is 2.35. The van der Waals surface area contributed by atoms with Crippen molar-refractivity contribution in [1.29, 1.82) is 0 Å². The summed E-state index contributed by atoms with van der Waals surface area (Å²) in [4.78, 5) is 2.34. The van der Waals surface area contributed by atoms with Gasteiger partial charge in [0.05, 0.1) is 0 Å². The Balaban J connectivity index is 1.69. The van der Waals surface area contributed by atoms with E-state index in [9.17, 15) is 4.39 Å². The predicted molar refractivity (Wildman–Crippen MR) is 66.5 cm³/mol. The largest absolute Gasteiger partial charge is 0.316 e. The van der Waals surface area contributed by atoms with E-state index in [1.807, 2.05) is 0 Å². The number of likely N-dealkylation sites (tertiary alicyclic amines) is 1. The second kappa shape index (κ2) is 4.56. The summed E-state index contributed by atoms with van der Waals surface area (Å²) in [6.07, 6.45) is 0. The van der Waals surface area contributed by atoms with E-state index in [4.69, 9.17) is 11.6 Å². The first-order chi connectivity index (χ1) is 8.22. The third-order valence-corrected chi connectivity index (χ3v) is 4.10. The first kappa shape index (κ1) is 11.5. The molecule has 1 N–H and O–H groups in total. The summed E-state index contributed by atoms with van der Waals surface area (Å²) >= 11 is 5.90. The number of hydrogen-bond donors (Lipinski definition) is 1. The van der Waals surface area contributed by atoms with Crippen LogP contribution >= 0.6 is 11.6 Å². The van der Waals surface area contributed by atoms with E-state index in [0.29, 0.717) is 17.1 Å². The van der Waals surface area contributed by atoms with E-state index in [1.165, 1.54) is 6.07 Å².